The minimum atomic E-state index is -0.940. The van der Waals surface area contributed by atoms with Crippen LogP contribution >= 0.6 is 0 Å². The van der Waals surface area contributed by atoms with Gasteiger partial charge in [-0.15, -0.1) is 0 Å². The first-order valence-corrected chi connectivity index (χ1v) is 10.1. The summed E-state index contributed by atoms with van der Waals surface area (Å²) < 4.78 is 36.3. The van der Waals surface area contributed by atoms with Gasteiger partial charge in [-0.1, -0.05) is 30.3 Å². The minimum absolute atomic E-state index is 0.0975. The Bertz CT molecular complexity index is 1440. The summed E-state index contributed by atoms with van der Waals surface area (Å²) in [5, 5.41) is 0. The predicted molar refractivity (Wildman–Crippen MR) is 116 cm³/mol. The van der Waals surface area contributed by atoms with Crippen LogP contribution in [0.15, 0.2) is 64.4 Å². The summed E-state index contributed by atoms with van der Waals surface area (Å²) >= 11 is 0. The minimum Gasteiger partial charge on any atom is -0.383 e. The number of rotatable bonds is 8. The molecule has 4 rings (SSSR count). The Morgan fingerprint density at radius 2 is 1.82 bits per heavy atom. The largest absolute Gasteiger partial charge is 0.383 e. The topological polar surface area (TPSA) is 88.1 Å². The van der Waals surface area contributed by atoms with Gasteiger partial charge in [0.25, 0.3) is 5.56 Å². The number of halogens is 2. The molecule has 0 N–H and O–H groups in total. The van der Waals surface area contributed by atoms with Crippen LogP contribution in [0.5, 0.6) is 0 Å². The fourth-order valence-electron chi connectivity index (χ4n) is 3.59. The van der Waals surface area contributed by atoms with Crippen molar-refractivity contribution in [2.75, 3.05) is 13.7 Å². The van der Waals surface area contributed by atoms with E-state index in [4.69, 9.17) is 4.74 Å². The predicted octanol–water partition coefficient (Wildman–Crippen LogP) is 2.22. The Morgan fingerprint density at radius 3 is 2.55 bits per heavy atom. The van der Waals surface area contributed by atoms with Crippen molar-refractivity contribution in [2.45, 2.75) is 19.6 Å². The molecule has 0 saturated carbocycles. The lowest BCUT2D eigenvalue weighted by molar-refractivity contribution is 0.0964. The number of imidazole rings is 1. The molecule has 170 valence electrons. The molecule has 0 aliphatic rings. The highest BCUT2D eigenvalue weighted by molar-refractivity contribution is 5.96. The Morgan fingerprint density at radius 1 is 1.06 bits per heavy atom. The molecule has 0 aliphatic heterocycles. The number of hydrogen-bond donors (Lipinski definition) is 0. The van der Waals surface area contributed by atoms with Crippen LogP contribution < -0.4 is 11.2 Å². The molecule has 2 aromatic carbocycles. The molecule has 0 amide bonds. The number of benzene rings is 2. The van der Waals surface area contributed by atoms with Crippen molar-refractivity contribution in [3.8, 4) is 0 Å². The standard InChI is InChI=1S/C23H20F2N4O4/c1-33-10-9-27-14-26-21-20(27)22(31)29(13-19(30)17-11-16(24)7-8-18(17)25)23(32)28(21)12-15-5-3-2-4-6-15/h2-8,11,14H,9-10,12-13H2,1H3. The summed E-state index contributed by atoms with van der Waals surface area (Å²) in [6.45, 7) is -0.0765. The first kappa shape index (κ1) is 22.3. The zero-order valence-electron chi connectivity index (χ0n) is 17.7. The molecule has 0 fully saturated rings. The molecule has 2 heterocycles. The second kappa shape index (κ2) is 9.29. The zero-order valence-corrected chi connectivity index (χ0v) is 17.7. The highest BCUT2D eigenvalue weighted by Gasteiger charge is 2.22. The Balaban J connectivity index is 1.87. The number of carbonyl (C=O) groups is 1. The summed E-state index contributed by atoms with van der Waals surface area (Å²) in [4.78, 5) is 43.5. The molecule has 0 radical (unpaired) electrons. The maximum absolute atomic E-state index is 14.1. The third kappa shape index (κ3) is 4.37. The zero-order chi connectivity index (χ0) is 23.5. The lowest BCUT2D eigenvalue weighted by atomic mass is 10.1. The molecule has 2 aromatic heterocycles. The Kier molecular flexibility index (Phi) is 6.27. The van der Waals surface area contributed by atoms with E-state index in [-0.39, 0.29) is 30.9 Å². The number of ether oxygens (including phenoxy) is 1. The van der Waals surface area contributed by atoms with E-state index in [1.807, 2.05) is 18.2 Å². The maximum Gasteiger partial charge on any atom is 0.333 e. The summed E-state index contributed by atoms with van der Waals surface area (Å²) in [7, 11) is 1.51. The van der Waals surface area contributed by atoms with Gasteiger partial charge in [-0.25, -0.2) is 18.6 Å². The number of fused-ring (bicyclic) bond motifs is 1. The van der Waals surface area contributed by atoms with Crippen molar-refractivity contribution < 1.29 is 18.3 Å². The molecule has 0 bridgehead atoms. The van der Waals surface area contributed by atoms with Crippen LogP contribution in [0.4, 0.5) is 8.78 Å². The second-order valence-electron chi connectivity index (χ2n) is 7.40. The van der Waals surface area contributed by atoms with E-state index in [1.165, 1.54) is 22.6 Å². The molecule has 8 nitrogen and oxygen atoms in total. The van der Waals surface area contributed by atoms with Gasteiger partial charge in [0.1, 0.15) is 11.6 Å². The second-order valence-corrected chi connectivity index (χ2v) is 7.40. The normalized spacial score (nSPS) is 11.2. The summed E-state index contributed by atoms with van der Waals surface area (Å²) in [6.07, 6.45) is 1.42. The molecule has 0 unspecified atom stereocenters. The molecule has 33 heavy (non-hydrogen) atoms. The number of methoxy groups -OCH3 is 1. The van der Waals surface area contributed by atoms with Gasteiger partial charge in [-0.2, -0.15) is 0 Å². The fraction of sp³-hybridized carbons (Fsp3) is 0.217. The molecule has 0 saturated heterocycles. The lowest BCUT2D eigenvalue weighted by Crippen LogP contribution is -2.42. The molecular weight excluding hydrogens is 434 g/mol. The summed E-state index contributed by atoms with van der Waals surface area (Å²) in [5.41, 5.74) is -1.03. The molecule has 10 heteroatoms. The number of hydrogen-bond acceptors (Lipinski definition) is 5. The van der Waals surface area contributed by atoms with Gasteiger partial charge in [0.2, 0.25) is 0 Å². The van der Waals surface area contributed by atoms with E-state index in [2.05, 4.69) is 4.98 Å². The van der Waals surface area contributed by atoms with Crippen LogP contribution in [0, 0.1) is 11.6 Å². The third-order valence-corrected chi connectivity index (χ3v) is 5.23. The third-order valence-electron chi connectivity index (χ3n) is 5.23. The number of nitrogens with zero attached hydrogens (tertiary/aromatic N) is 4. The monoisotopic (exact) mass is 454 g/mol. The van der Waals surface area contributed by atoms with Gasteiger partial charge < -0.3 is 9.30 Å². The van der Waals surface area contributed by atoms with Gasteiger partial charge in [0, 0.05) is 13.7 Å². The number of Topliss-reactive ketones (excluding diaryl/α,β-unsaturated/α-hetero) is 1. The Hall–Kier alpha value is -3.92. The molecular formula is C23H20F2N4O4. The van der Waals surface area contributed by atoms with Crippen molar-refractivity contribution in [1.82, 2.24) is 18.7 Å². The van der Waals surface area contributed by atoms with Crippen LogP contribution in [0.25, 0.3) is 11.2 Å². The van der Waals surface area contributed by atoms with Crippen LogP contribution in [0.3, 0.4) is 0 Å². The molecule has 4 aromatic rings. The van der Waals surface area contributed by atoms with E-state index in [9.17, 15) is 23.2 Å². The number of aromatic nitrogens is 4. The van der Waals surface area contributed by atoms with Gasteiger partial charge in [-0.05, 0) is 23.8 Å². The first-order chi connectivity index (χ1) is 15.9. The first-order valence-electron chi connectivity index (χ1n) is 10.1. The van der Waals surface area contributed by atoms with Crippen molar-refractivity contribution >= 4 is 16.9 Å². The van der Waals surface area contributed by atoms with Gasteiger partial charge in [0.15, 0.2) is 16.9 Å². The average molecular weight is 454 g/mol. The van der Waals surface area contributed by atoms with Crippen LogP contribution in [-0.2, 0) is 24.4 Å². The fourth-order valence-corrected chi connectivity index (χ4v) is 3.59. The van der Waals surface area contributed by atoms with E-state index in [0.29, 0.717) is 0 Å². The molecule has 0 atom stereocenters. The van der Waals surface area contributed by atoms with Crippen molar-refractivity contribution in [1.29, 1.82) is 0 Å². The number of ketones is 1. The maximum atomic E-state index is 14.1. The molecule has 0 spiro atoms. The van der Waals surface area contributed by atoms with Gasteiger partial charge in [-0.3, -0.25) is 18.7 Å². The highest BCUT2D eigenvalue weighted by atomic mass is 19.1. The van der Waals surface area contributed by atoms with Crippen molar-refractivity contribution in [2.24, 2.45) is 0 Å². The lowest BCUT2D eigenvalue weighted by Gasteiger charge is -2.13. The molecule has 0 aliphatic carbocycles. The van der Waals surface area contributed by atoms with E-state index < -0.39 is 40.8 Å². The van der Waals surface area contributed by atoms with Crippen molar-refractivity contribution in [3.63, 3.8) is 0 Å². The van der Waals surface area contributed by atoms with Crippen LogP contribution in [0.1, 0.15) is 15.9 Å². The van der Waals surface area contributed by atoms with Gasteiger partial charge >= 0.3 is 5.69 Å². The van der Waals surface area contributed by atoms with E-state index in [1.54, 1.807) is 12.1 Å². The van der Waals surface area contributed by atoms with Crippen molar-refractivity contribution in [3.05, 3.63) is 98.5 Å². The van der Waals surface area contributed by atoms with E-state index in [0.717, 1.165) is 28.3 Å². The van der Waals surface area contributed by atoms with E-state index >= 15 is 0 Å². The number of carbonyl (C=O) groups excluding carboxylic acids is 1. The van der Waals surface area contributed by atoms with Gasteiger partial charge in [0.05, 0.1) is 31.6 Å². The Labute approximate surface area is 186 Å². The summed E-state index contributed by atoms with van der Waals surface area (Å²) in [6, 6.07) is 11.5. The highest BCUT2D eigenvalue weighted by Crippen LogP contribution is 2.13. The van der Waals surface area contributed by atoms with Crippen LogP contribution in [0.2, 0.25) is 0 Å². The quantitative estimate of drug-likeness (QED) is 0.381. The van der Waals surface area contributed by atoms with Crippen LogP contribution in [-0.4, -0.2) is 38.2 Å². The SMILES string of the molecule is COCCn1cnc2c1c(=O)n(CC(=O)c1cc(F)ccc1F)c(=O)n2Cc1ccccc1. The summed E-state index contributed by atoms with van der Waals surface area (Å²) in [5.74, 6) is -2.65. The average Bonchev–Trinajstić information content (AvgIpc) is 3.24. The smallest absolute Gasteiger partial charge is 0.333 e.